The van der Waals surface area contributed by atoms with Crippen LogP contribution in [-0.4, -0.2) is 14.7 Å². The summed E-state index contributed by atoms with van der Waals surface area (Å²) in [5.74, 6) is -0.530. The quantitative estimate of drug-likeness (QED) is 0.646. The molecule has 0 bridgehead atoms. The highest BCUT2D eigenvalue weighted by Crippen LogP contribution is 2.27. The zero-order valence-electron chi connectivity index (χ0n) is 9.43. The zero-order valence-corrected chi connectivity index (χ0v) is 11.0. The van der Waals surface area contributed by atoms with E-state index in [2.05, 4.69) is 21.0 Å². The summed E-state index contributed by atoms with van der Waals surface area (Å²) in [6, 6.07) is 5.93. The normalized spacial score (nSPS) is 10.6. The topological polar surface area (TPSA) is 61.0 Å². The van der Waals surface area contributed by atoms with Crippen LogP contribution in [0.1, 0.15) is 11.3 Å². The van der Waals surface area contributed by atoms with Crippen LogP contribution in [0.15, 0.2) is 28.7 Å². The number of hydrogen-bond donors (Lipinski definition) is 0. The summed E-state index contributed by atoms with van der Waals surface area (Å²) in [4.78, 5) is 10.2. The van der Waals surface area contributed by atoms with Gasteiger partial charge in [0.1, 0.15) is 10.3 Å². The fourth-order valence-electron chi connectivity index (χ4n) is 1.54. The molecule has 0 saturated heterocycles. The van der Waals surface area contributed by atoms with Crippen LogP contribution in [-0.2, 0) is 6.54 Å². The van der Waals surface area contributed by atoms with Crippen LogP contribution in [0.25, 0.3) is 0 Å². The average molecular weight is 314 g/mol. The predicted molar refractivity (Wildman–Crippen MR) is 66.8 cm³/mol. The van der Waals surface area contributed by atoms with E-state index in [0.29, 0.717) is 16.7 Å². The third-order valence-corrected chi connectivity index (χ3v) is 3.46. The largest absolute Gasteiger partial charge is 0.404 e. The first-order valence-electron chi connectivity index (χ1n) is 5.11. The number of nitrogens with zero attached hydrogens (tertiary/aromatic N) is 3. The number of halogens is 2. The minimum Gasteiger partial charge on any atom is -0.358 e. The number of rotatable bonds is 3. The molecule has 0 unspecified atom stereocenters. The van der Waals surface area contributed by atoms with Crippen molar-refractivity contribution < 1.29 is 9.31 Å². The molecule has 0 N–H and O–H groups in total. The summed E-state index contributed by atoms with van der Waals surface area (Å²) < 4.78 is 14.6. The monoisotopic (exact) mass is 313 g/mol. The second kappa shape index (κ2) is 4.85. The first-order valence-corrected chi connectivity index (χ1v) is 5.90. The van der Waals surface area contributed by atoms with Gasteiger partial charge in [-0.15, -0.1) is 0 Å². The lowest BCUT2D eigenvalue weighted by Crippen LogP contribution is -2.04. The van der Waals surface area contributed by atoms with Gasteiger partial charge >= 0.3 is 5.82 Å². The molecule has 0 saturated carbocycles. The lowest BCUT2D eigenvalue weighted by atomic mass is 10.2. The van der Waals surface area contributed by atoms with E-state index < -0.39 is 4.92 Å². The third kappa shape index (κ3) is 2.40. The summed E-state index contributed by atoms with van der Waals surface area (Å²) in [5, 5.41) is 14.6. The molecule has 5 nitrogen and oxygen atoms in total. The fourth-order valence-corrected chi connectivity index (χ4v) is 1.97. The van der Waals surface area contributed by atoms with Crippen LogP contribution in [0.4, 0.5) is 10.2 Å². The summed E-state index contributed by atoms with van der Waals surface area (Å²) >= 11 is 3.14. The highest BCUT2D eigenvalue weighted by molar-refractivity contribution is 9.10. The van der Waals surface area contributed by atoms with E-state index in [1.54, 1.807) is 19.1 Å². The van der Waals surface area contributed by atoms with Gasteiger partial charge in [0.25, 0.3) is 0 Å². The average Bonchev–Trinajstić information content (AvgIpc) is 2.60. The molecule has 2 aromatic rings. The van der Waals surface area contributed by atoms with Crippen molar-refractivity contribution in [3.63, 3.8) is 0 Å². The van der Waals surface area contributed by atoms with Crippen LogP contribution >= 0.6 is 15.9 Å². The summed E-state index contributed by atoms with van der Waals surface area (Å²) in [6.07, 6.45) is 0. The molecule has 0 aliphatic carbocycles. The van der Waals surface area contributed by atoms with E-state index in [-0.39, 0.29) is 11.6 Å². The molecule has 0 aliphatic rings. The Morgan fingerprint density at radius 2 is 2.06 bits per heavy atom. The van der Waals surface area contributed by atoms with Crippen molar-refractivity contribution >= 4 is 21.7 Å². The van der Waals surface area contributed by atoms with Gasteiger partial charge < -0.3 is 10.1 Å². The molecular weight excluding hydrogens is 305 g/mol. The molecule has 1 aromatic carbocycles. The van der Waals surface area contributed by atoms with Crippen LogP contribution in [0, 0.1) is 22.9 Å². The van der Waals surface area contributed by atoms with Crippen molar-refractivity contribution in [1.29, 1.82) is 0 Å². The minimum atomic E-state index is -0.543. The van der Waals surface area contributed by atoms with Gasteiger partial charge in [-0.05, 0) is 45.5 Å². The SMILES string of the molecule is Cc1c(Br)c([N+](=O)[O-])nn1Cc1ccc(F)cc1. The van der Waals surface area contributed by atoms with Crippen molar-refractivity contribution in [3.8, 4) is 0 Å². The second-order valence-electron chi connectivity index (χ2n) is 3.76. The molecular formula is C11H9BrFN3O2. The number of benzene rings is 1. The third-order valence-electron chi connectivity index (χ3n) is 2.54. The Hall–Kier alpha value is -1.76. The Bertz CT molecular complexity index is 595. The Labute approximate surface area is 111 Å². The Morgan fingerprint density at radius 3 is 2.56 bits per heavy atom. The van der Waals surface area contributed by atoms with Crippen molar-refractivity contribution in [2.24, 2.45) is 0 Å². The van der Waals surface area contributed by atoms with Gasteiger partial charge in [0.05, 0.1) is 17.3 Å². The molecule has 0 atom stereocenters. The Kier molecular flexibility index (Phi) is 3.42. The molecule has 18 heavy (non-hydrogen) atoms. The van der Waals surface area contributed by atoms with Gasteiger partial charge in [0.2, 0.25) is 0 Å². The highest BCUT2D eigenvalue weighted by atomic mass is 79.9. The number of hydrogen-bond acceptors (Lipinski definition) is 3. The number of nitro groups is 1. The van der Waals surface area contributed by atoms with E-state index in [0.717, 1.165) is 5.56 Å². The lowest BCUT2D eigenvalue weighted by molar-refractivity contribution is -0.390. The van der Waals surface area contributed by atoms with Gasteiger partial charge in [0, 0.05) is 0 Å². The van der Waals surface area contributed by atoms with Crippen molar-refractivity contribution in [2.75, 3.05) is 0 Å². The van der Waals surface area contributed by atoms with Crippen LogP contribution in [0.3, 0.4) is 0 Å². The van der Waals surface area contributed by atoms with Crippen LogP contribution < -0.4 is 0 Å². The molecule has 2 rings (SSSR count). The van der Waals surface area contributed by atoms with Gasteiger partial charge in [-0.1, -0.05) is 12.1 Å². The van der Waals surface area contributed by atoms with Gasteiger partial charge in [-0.3, -0.25) is 0 Å². The van der Waals surface area contributed by atoms with Gasteiger partial charge in [-0.2, -0.15) is 4.68 Å². The minimum absolute atomic E-state index is 0.213. The Balaban J connectivity index is 2.32. The fraction of sp³-hybridized carbons (Fsp3) is 0.182. The van der Waals surface area contributed by atoms with E-state index in [4.69, 9.17) is 0 Å². The van der Waals surface area contributed by atoms with Crippen molar-refractivity contribution in [1.82, 2.24) is 9.78 Å². The first-order chi connectivity index (χ1) is 8.49. The van der Waals surface area contributed by atoms with Gasteiger partial charge in [-0.25, -0.2) is 4.39 Å². The molecule has 0 radical (unpaired) electrons. The van der Waals surface area contributed by atoms with E-state index in [1.165, 1.54) is 16.8 Å². The van der Waals surface area contributed by atoms with E-state index >= 15 is 0 Å². The Morgan fingerprint density at radius 1 is 1.44 bits per heavy atom. The summed E-state index contributed by atoms with van der Waals surface area (Å²) in [6.45, 7) is 2.09. The molecule has 1 aromatic heterocycles. The molecule has 0 amide bonds. The smallest absolute Gasteiger partial charge is 0.358 e. The second-order valence-corrected chi connectivity index (χ2v) is 4.56. The van der Waals surface area contributed by atoms with Crippen molar-refractivity contribution in [2.45, 2.75) is 13.5 Å². The van der Waals surface area contributed by atoms with Gasteiger partial charge in [0.15, 0.2) is 0 Å². The highest BCUT2D eigenvalue weighted by Gasteiger charge is 2.23. The van der Waals surface area contributed by atoms with Crippen molar-refractivity contribution in [3.05, 3.63) is 55.9 Å². The zero-order chi connectivity index (χ0) is 13.3. The first kappa shape index (κ1) is 12.7. The summed E-state index contributed by atoms with van der Waals surface area (Å²) in [5.41, 5.74) is 1.48. The molecule has 0 spiro atoms. The molecule has 0 aliphatic heterocycles. The van der Waals surface area contributed by atoms with E-state index in [1.807, 2.05) is 0 Å². The van der Waals surface area contributed by atoms with Crippen LogP contribution in [0.5, 0.6) is 0 Å². The maximum absolute atomic E-state index is 12.8. The standard InChI is InChI=1S/C11H9BrFN3O2/c1-7-10(12)11(16(17)18)14-15(7)6-8-2-4-9(13)5-3-8/h2-5H,6H2,1H3. The molecule has 0 fully saturated rings. The maximum atomic E-state index is 12.8. The molecule has 7 heteroatoms. The lowest BCUT2D eigenvalue weighted by Gasteiger charge is -2.00. The predicted octanol–water partition coefficient (Wildman–Crippen LogP) is 3.05. The number of aromatic nitrogens is 2. The molecule has 1 heterocycles. The van der Waals surface area contributed by atoms with Crippen LogP contribution in [0.2, 0.25) is 0 Å². The molecule has 94 valence electrons. The summed E-state index contributed by atoms with van der Waals surface area (Å²) in [7, 11) is 0. The van der Waals surface area contributed by atoms with E-state index in [9.17, 15) is 14.5 Å². The maximum Gasteiger partial charge on any atom is 0.404 e.